The summed E-state index contributed by atoms with van der Waals surface area (Å²) in [5.41, 5.74) is 4.15. The van der Waals surface area contributed by atoms with Gasteiger partial charge in [-0.1, -0.05) is 108 Å². The van der Waals surface area contributed by atoms with Crippen molar-refractivity contribution in [2.45, 2.75) is 17.1 Å². The molecule has 5 aromatic carbocycles. The van der Waals surface area contributed by atoms with Crippen molar-refractivity contribution < 1.29 is 14.4 Å². The molecule has 0 aliphatic carbocycles. The number of thioether (sulfide) groups is 1. The number of aryl methyl sites for hydroxylation is 1. The Hall–Kier alpha value is -4.82. The molecule has 6 nitrogen and oxygen atoms in total. The van der Waals surface area contributed by atoms with Crippen LogP contribution >= 0.6 is 35.0 Å². The van der Waals surface area contributed by atoms with Gasteiger partial charge in [-0.2, -0.15) is 0 Å². The minimum Gasteiger partial charge on any atom is -0.325 e. The normalized spacial score (nSPS) is 11.8. The Morgan fingerprint density at radius 3 is 2.07 bits per heavy atom. The predicted octanol–water partition coefficient (Wildman–Crippen LogP) is 9.18. The van der Waals surface area contributed by atoms with Crippen molar-refractivity contribution in [1.82, 2.24) is 5.32 Å². The molecular weight excluding hydrogens is 637 g/mol. The zero-order valence-electron chi connectivity index (χ0n) is 24.7. The molecule has 0 spiro atoms. The quantitative estimate of drug-likeness (QED) is 0.103. The number of hydrogen-bond donors (Lipinski definition) is 3. The molecule has 0 saturated heterocycles. The van der Waals surface area contributed by atoms with Crippen molar-refractivity contribution in [2.24, 2.45) is 0 Å². The Morgan fingerprint density at radius 1 is 0.696 bits per heavy atom. The molecule has 1 atom stereocenters. The second kappa shape index (κ2) is 15.5. The van der Waals surface area contributed by atoms with Gasteiger partial charge in [0.15, 0.2) is 0 Å². The van der Waals surface area contributed by atoms with Gasteiger partial charge < -0.3 is 16.0 Å². The van der Waals surface area contributed by atoms with Crippen molar-refractivity contribution >= 4 is 70.1 Å². The van der Waals surface area contributed by atoms with E-state index in [9.17, 15) is 14.4 Å². The first-order valence-corrected chi connectivity index (χ1v) is 15.9. The van der Waals surface area contributed by atoms with E-state index in [4.69, 9.17) is 23.2 Å². The van der Waals surface area contributed by atoms with Crippen LogP contribution in [0.3, 0.4) is 0 Å². The highest BCUT2D eigenvalue weighted by molar-refractivity contribution is 8.00. The Balaban J connectivity index is 1.37. The molecule has 9 heteroatoms. The van der Waals surface area contributed by atoms with E-state index in [1.54, 1.807) is 66.7 Å². The van der Waals surface area contributed by atoms with Gasteiger partial charge in [0.05, 0.1) is 10.0 Å². The van der Waals surface area contributed by atoms with Crippen molar-refractivity contribution in [3.05, 3.63) is 165 Å². The zero-order chi connectivity index (χ0) is 32.5. The van der Waals surface area contributed by atoms with Gasteiger partial charge >= 0.3 is 0 Å². The molecule has 230 valence electrons. The van der Waals surface area contributed by atoms with Gasteiger partial charge in [-0.15, -0.1) is 11.8 Å². The summed E-state index contributed by atoms with van der Waals surface area (Å²) in [5, 5.41) is 8.70. The topological polar surface area (TPSA) is 87.3 Å². The van der Waals surface area contributed by atoms with Gasteiger partial charge in [0.1, 0.15) is 10.9 Å². The van der Waals surface area contributed by atoms with Crippen LogP contribution < -0.4 is 16.0 Å². The minimum absolute atomic E-state index is 0.0823. The maximum atomic E-state index is 13.6. The molecule has 1 unspecified atom stereocenters. The SMILES string of the molecule is Cc1ccc(/C=C(\NC(=O)c2ccccc2)C(=O)Nc2cccc(SC(C(=O)Nc3ccc(Cl)c(Cl)c3)c3ccccc3)c2)cc1. The number of carbonyl (C=O) groups excluding carboxylic acids is 3. The number of halogens is 2. The van der Waals surface area contributed by atoms with Crippen molar-refractivity contribution in [2.75, 3.05) is 10.6 Å². The highest BCUT2D eigenvalue weighted by Gasteiger charge is 2.23. The van der Waals surface area contributed by atoms with Gasteiger partial charge in [0, 0.05) is 21.8 Å². The van der Waals surface area contributed by atoms with Crippen molar-refractivity contribution in [1.29, 1.82) is 0 Å². The van der Waals surface area contributed by atoms with Crippen LogP contribution in [0, 0.1) is 6.92 Å². The third kappa shape index (κ3) is 8.88. The largest absolute Gasteiger partial charge is 0.325 e. The standard InChI is InChI=1S/C37H29Cl2N3O3S/c1-24-15-17-25(18-16-24)21-33(42-35(43)27-11-6-3-7-12-27)36(44)40-28-13-8-14-30(22-28)46-34(26-9-4-2-5-10-26)37(45)41-29-19-20-31(38)32(39)23-29/h2-23,34H,1H3,(H,40,44)(H,41,45)(H,42,43)/b33-21-. The van der Waals surface area contributed by atoms with Gasteiger partial charge in [-0.25, -0.2) is 0 Å². The fraction of sp³-hybridized carbons (Fsp3) is 0.0541. The molecule has 0 bridgehead atoms. The molecule has 5 rings (SSSR count). The highest BCUT2D eigenvalue weighted by Crippen LogP contribution is 2.37. The number of anilines is 2. The summed E-state index contributed by atoms with van der Waals surface area (Å²) >= 11 is 13.5. The van der Waals surface area contributed by atoms with E-state index in [1.807, 2.05) is 73.7 Å². The lowest BCUT2D eigenvalue weighted by Gasteiger charge is -2.18. The molecule has 3 N–H and O–H groups in total. The second-order valence-corrected chi connectivity index (χ2v) is 12.3. The molecule has 5 aromatic rings. The first-order valence-electron chi connectivity index (χ1n) is 14.3. The van der Waals surface area contributed by atoms with Crippen molar-refractivity contribution in [3.63, 3.8) is 0 Å². The number of nitrogens with one attached hydrogen (secondary N) is 3. The van der Waals surface area contributed by atoms with Gasteiger partial charge in [-0.05, 0) is 72.7 Å². The monoisotopic (exact) mass is 665 g/mol. The van der Waals surface area contributed by atoms with E-state index in [1.165, 1.54) is 11.8 Å². The van der Waals surface area contributed by atoms with E-state index >= 15 is 0 Å². The third-order valence-electron chi connectivity index (χ3n) is 6.79. The summed E-state index contributed by atoms with van der Waals surface area (Å²) in [6.45, 7) is 1.97. The maximum Gasteiger partial charge on any atom is 0.272 e. The molecule has 0 radical (unpaired) electrons. The number of benzene rings is 5. The van der Waals surface area contributed by atoms with Crippen LogP contribution in [0.1, 0.15) is 32.3 Å². The van der Waals surface area contributed by atoms with Crippen molar-refractivity contribution in [3.8, 4) is 0 Å². The third-order valence-corrected chi connectivity index (χ3v) is 8.78. The minimum atomic E-state index is -0.622. The number of carbonyl (C=O) groups is 3. The number of amides is 3. The molecular formula is C37H29Cl2N3O3S. The van der Waals surface area contributed by atoms with Crippen LogP contribution in [-0.4, -0.2) is 17.7 Å². The zero-order valence-corrected chi connectivity index (χ0v) is 27.0. The molecule has 0 aliphatic heterocycles. The fourth-order valence-electron chi connectivity index (χ4n) is 4.44. The van der Waals surface area contributed by atoms with Crippen LogP contribution in [-0.2, 0) is 9.59 Å². The Kier molecular flexibility index (Phi) is 10.9. The van der Waals surface area contributed by atoms with E-state index in [0.29, 0.717) is 27.0 Å². The Morgan fingerprint density at radius 2 is 1.37 bits per heavy atom. The van der Waals surface area contributed by atoms with Crippen LogP contribution in [0.15, 0.2) is 138 Å². The Bertz CT molecular complexity index is 1880. The fourth-order valence-corrected chi connectivity index (χ4v) is 5.82. The lowest BCUT2D eigenvalue weighted by molar-refractivity contribution is -0.116. The molecule has 46 heavy (non-hydrogen) atoms. The Labute approximate surface area is 281 Å². The summed E-state index contributed by atoms with van der Waals surface area (Å²) in [4.78, 5) is 40.9. The predicted molar refractivity (Wildman–Crippen MR) is 188 cm³/mol. The number of rotatable bonds is 10. The molecule has 0 heterocycles. The number of hydrogen-bond acceptors (Lipinski definition) is 4. The molecule has 0 aliphatic rings. The lowest BCUT2D eigenvalue weighted by Crippen LogP contribution is -2.30. The average Bonchev–Trinajstić information content (AvgIpc) is 3.07. The van der Waals surface area contributed by atoms with Gasteiger partial charge in [0.2, 0.25) is 5.91 Å². The highest BCUT2D eigenvalue weighted by atomic mass is 35.5. The first-order chi connectivity index (χ1) is 22.2. The van der Waals surface area contributed by atoms with Gasteiger partial charge in [-0.3, -0.25) is 14.4 Å². The van der Waals surface area contributed by atoms with Crippen LogP contribution in [0.4, 0.5) is 11.4 Å². The van der Waals surface area contributed by atoms with E-state index in [-0.39, 0.29) is 11.6 Å². The summed E-state index contributed by atoms with van der Waals surface area (Å²) in [6, 6.07) is 37.8. The van der Waals surface area contributed by atoms with E-state index in [2.05, 4.69) is 16.0 Å². The molecule has 0 fully saturated rings. The maximum absolute atomic E-state index is 13.6. The van der Waals surface area contributed by atoms with E-state index in [0.717, 1.165) is 21.6 Å². The summed E-state index contributed by atoms with van der Waals surface area (Å²) in [7, 11) is 0. The van der Waals surface area contributed by atoms with E-state index < -0.39 is 17.1 Å². The summed E-state index contributed by atoms with van der Waals surface area (Å²) in [6.07, 6.45) is 1.63. The summed E-state index contributed by atoms with van der Waals surface area (Å²) < 4.78 is 0. The summed E-state index contributed by atoms with van der Waals surface area (Å²) in [5.74, 6) is -1.16. The van der Waals surface area contributed by atoms with Crippen LogP contribution in [0.5, 0.6) is 0 Å². The average molecular weight is 667 g/mol. The molecule has 0 aromatic heterocycles. The molecule has 3 amide bonds. The van der Waals surface area contributed by atoms with Gasteiger partial charge in [0.25, 0.3) is 11.8 Å². The molecule has 0 saturated carbocycles. The van der Waals surface area contributed by atoms with Crippen LogP contribution in [0.25, 0.3) is 6.08 Å². The second-order valence-electron chi connectivity index (χ2n) is 10.3. The first kappa shape index (κ1) is 32.6. The smallest absolute Gasteiger partial charge is 0.272 e. The lowest BCUT2D eigenvalue weighted by atomic mass is 10.1. The van der Waals surface area contributed by atoms with Crippen LogP contribution in [0.2, 0.25) is 10.0 Å².